The number of carboxylic acid groups (broad SMARTS) is 1. The highest BCUT2D eigenvalue weighted by Gasteiger charge is 2.44. The van der Waals surface area contributed by atoms with E-state index in [1.165, 1.54) is 12.1 Å². The van der Waals surface area contributed by atoms with Gasteiger partial charge in [-0.05, 0) is 47.0 Å². The molecule has 0 aliphatic carbocycles. The summed E-state index contributed by atoms with van der Waals surface area (Å²) in [5.74, 6) is -1.94. The van der Waals surface area contributed by atoms with Crippen LogP contribution >= 0.6 is 0 Å². The maximum Gasteiger partial charge on any atom is 0.313 e. The summed E-state index contributed by atoms with van der Waals surface area (Å²) in [6, 6.07) is 19.0. The number of carbonyl (C=O) groups excluding carboxylic acids is 1. The minimum absolute atomic E-state index is 0.161. The molecular formula is C24H20FNO4. The van der Waals surface area contributed by atoms with Gasteiger partial charge in [0, 0.05) is 12.1 Å². The molecule has 0 aromatic heterocycles. The molecule has 0 radical (unpaired) electrons. The summed E-state index contributed by atoms with van der Waals surface area (Å²) in [4.78, 5) is 27.3. The number of carboxylic acids is 1. The van der Waals surface area contributed by atoms with Gasteiger partial charge in [0.1, 0.15) is 17.5 Å². The monoisotopic (exact) mass is 405 g/mol. The summed E-state index contributed by atoms with van der Waals surface area (Å²) in [6.45, 7) is 0.161. The van der Waals surface area contributed by atoms with Crippen LogP contribution in [0.4, 0.5) is 4.39 Å². The summed E-state index contributed by atoms with van der Waals surface area (Å²) in [5, 5.41) is 10.1. The lowest BCUT2D eigenvalue weighted by Crippen LogP contribution is -2.44. The molecule has 1 aliphatic rings. The van der Waals surface area contributed by atoms with E-state index in [0.29, 0.717) is 28.0 Å². The first-order valence-electron chi connectivity index (χ1n) is 9.50. The largest absolute Gasteiger partial charge is 0.497 e. The Kier molecular flexibility index (Phi) is 5.23. The van der Waals surface area contributed by atoms with Crippen LogP contribution in [0, 0.1) is 5.82 Å². The molecule has 5 nitrogen and oxygen atoms in total. The van der Waals surface area contributed by atoms with Crippen molar-refractivity contribution in [2.24, 2.45) is 0 Å². The van der Waals surface area contributed by atoms with E-state index in [9.17, 15) is 19.1 Å². The van der Waals surface area contributed by atoms with Gasteiger partial charge in [-0.25, -0.2) is 4.39 Å². The topological polar surface area (TPSA) is 66.8 Å². The van der Waals surface area contributed by atoms with Gasteiger partial charge in [-0.1, -0.05) is 42.5 Å². The number of ether oxygens (including phenoxy) is 1. The Morgan fingerprint density at radius 2 is 1.70 bits per heavy atom. The highest BCUT2D eigenvalue weighted by atomic mass is 19.1. The van der Waals surface area contributed by atoms with Crippen LogP contribution < -0.4 is 4.74 Å². The number of aliphatic carboxylic acids is 1. The number of fused-ring (bicyclic) bond motifs is 1. The van der Waals surface area contributed by atoms with Crippen molar-refractivity contribution in [3.05, 3.63) is 101 Å². The molecule has 0 bridgehead atoms. The van der Waals surface area contributed by atoms with Gasteiger partial charge in [-0.2, -0.15) is 0 Å². The maximum absolute atomic E-state index is 13.4. The average molecular weight is 405 g/mol. The maximum atomic E-state index is 13.4. The van der Waals surface area contributed by atoms with E-state index < -0.39 is 17.9 Å². The van der Waals surface area contributed by atoms with Crippen molar-refractivity contribution in [2.75, 3.05) is 7.11 Å². The average Bonchev–Trinajstić information content (AvgIpc) is 2.76. The van der Waals surface area contributed by atoms with E-state index in [0.717, 1.165) is 0 Å². The second-order valence-electron chi connectivity index (χ2n) is 7.18. The van der Waals surface area contributed by atoms with E-state index in [-0.39, 0.29) is 18.3 Å². The van der Waals surface area contributed by atoms with Crippen LogP contribution in [0.3, 0.4) is 0 Å². The highest BCUT2D eigenvalue weighted by Crippen LogP contribution is 2.43. The molecular weight excluding hydrogens is 385 g/mol. The summed E-state index contributed by atoms with van der Waals surface area (Å²) in [7, 11) is 1.55. The van der Waals surface area contributed by atoms with Gasteiger partial charge in [0.05, 0.1) is 13.2 Å². The van der Waals surface area contributed by atoms with Crippen molar-refractivity contribution in [1.82, 2.24) is 4.90 Å². The number of methoxy groups -OCH3 is 1. The van der Waals surface area contributed by atoms with Crippen molar-refractivity contribution in [3.63, 3.8) is 0 Å². The van der Waals surface area contributed by atoms with Crippen molar-refractivity contribution in [3.8, 4) is 5.75 Å². The Balaban J connectivity index is 1.85. The Hall–Kier alpha value is -3.67. The van der Waals surface area contributed by atoms with Crippen LogP contribution in [0.1, 0.15) is 39.0 Å². The zero-order valence-electron chi connectivity index (χ0n) is 16.3. The lowest BCUT2D eigenvalue weighted by atomic mass is 9.79. The standard InChI is InChI=1S/C24H20FNO4/c1-30-18-12-8-16(9-13-18)22-21(24(28)29)19-4-2-3-5-20(19)23(27)26(22)14-15-6-10-17(25)11-7-15/h2-13,21-22H,14H2,1H3,(H,28,29). The molecule has 2 atom stereocenters. The third-order valence-corrected chi connectivity index (χ3v) is 5.43. The van der Waals surface area contributed by atoms with E-state index in [2.05, 4.69) is 0 Å². The molecule has 30 heavy (non-hydrogen) atoms. The number of halogens is 1. The van der Waals surface area contributed by atoms with E-state index in [1.54, 1.807) is 72.7 Å². The van der Waals surface area contributed by atoms with Crippen molar-refractivity contribution in [2.45, 2.75) is 18.5 Å². The molecule has 0 saturated carbocycles. The Morgan fingerprint density at radius 1 is 1.03 bits per heavy atom. The minimum atomic E-state index is -1.01. The fourth-order valence-corrected chi connectivity index (χ4v) is 3.99. The molecule has 0 saturated heterocycles. The van der Waals surface area contributed by atoms with Gasteiger partial charge < -0.3 is 14.7 Å². The molecule has 2 unspecified atom stereocenters. The van der Waals surface area contributed by atoms with Gasteiger partial charge in [0.2, 0.25) is 0 Å². The first-order valence-corrected chi connectivity index (χ1v) is 9.50. The first-order chi connectivity index (χ1) is 14.5. The number of rotatable bonds is 5. The lowest BCUT2D eigenvalue weighted by molar-refractivity contribution is -0.140. The minimum Gasteiger partial charge on any atom is -0.497 e. The highest BCUT2D eigenvalue weighted by molar-refractivity contribution is 6.00. The van der Waals surface area contributed by atoms with Crippen molar-refractivity contribution < 1.29 is 23.8 Å². The second kappa shape index (κ2) is 7.99. The zero-order valence-corrected chi connectivity index (χ0v) is 16.3. The van der Waals surface area contributed by atoms with Crippen LogP contribution in [-0.4, -0.2) is 29.0 Å². The summed E-state index contributed by atoms with van der Waals surface area (Å²) in [5.41, 5.74) is 2.27. The van der Waals surface area contributed by atoms with Gasteiger partial charge in [-0.3, -0.25) is 9.59 Å². The SMILES string of the molecule is COc1ccc(C2C(C(=O)O)c3ccccc3C(=O)N2Cc2ccc(F)cc2)cc1. The second-order valence-corrected chi connectivity index (χ2v) is 7.18. The van der Waals surface area contributed by atoms with E-state index in [4.69, 9.17) is 4.74 Å². The quantitative estimate of drug-likeness (QED) is 0.683. The Labute approximate surface area is 173 Å². The number of hydrogen-bond donors (Lipinski definition) is 1. The summed E-state index contributed by atoms with van der Waals surface area (Å²) >= 11 is 0. The lowest BCUT2D eigenvalue weighted by Gasteiger charge is -2.41. The molecule has 3 aromatic carbocycles. The fourth-order valence-electron chi connectivity index (χ4n) is 3.99. The van der Waals surface area contributed by atoms with Crippen LogP contribution in [0.5, 0.6) is 5.75 Å². The Bertz CT molecular complexity index is 1080. The Morgan fingerprint density at radius 3 is 2.33 bits per heavy atom. The van der Waals surface area contributed by atoms with Crippen molar-refractivity contribution in [1.29, 1.82) is 0 Å². The van der Waals surface area contributed by atoms with E-state index in [1.807, 2.05) is 0 Å². The number of carbonyl (C=O) groups is 2. The fraction of sp³-hybridized carbons (Fsp3) is 0.167. The van der Waals surface area contributed by atoms with Crippen LogP contribution in [0.2, 0.25) is 0 Å². The smallest absolute Gasteiger partial charge is 0.313 e. The molecule has 1 amide bonds. The molecule has 6 heteroatoms. The molecule has 1 aliphatic heterocycles. The van der Waals surface area contributed by atoms with Gasteiger partial charge in [0.15, 0.2) is 0 Å². The first kappa shape index (κ1) is 19.6. The third-order valence-electron chi connectivity index (χ3n) is 5.43. The predicted molar refractivity (Wildman–Crippen MR) is 109 cm³/mol. The third kappa shape index (κ3) is 3.52. The summed E-state index contributed by atoms with van der Waals surface area (Å²) < 4.78 is 18.6. The van der Waals surface area contributed by atoms with E-state index >= 15 is 0 Å². The molecule has 0 spiro atoms. The molecule has 152 valence electrons. The predicted octanol–water partition coefficient (Wildman–Crippen LogP) is 4.40. The van der Waals surface area contributed by atoms with Gasteiger partial charge >= 0.3 is 5.97 Å². The number of benzene rings is 3. The molecule has 0 fully saturated rings. The van der Waals surface area contributed by atoms with Gasteiger partial charge in [-0.15, -0.1) is 0 Å². The number of amides is 1. The number of hydrogen-bond acceptors (Lipinski definition) is 3. The van der Waals surface area contributed by atoms with Crippen molar-refractivity contribution >= 4 is 11.9 Å². The number of nitrogens with zero attached hydrogens (tertiary/aromatic N) is 1. The molecule has 3 aromatic rings. The molecule has 1 heterocycles. The van der Waals surface area contributed by atoms with Crippen LogP contribution in [-0.2, 0) is 11.3 Å². The zero-order chi connectivity index (χ0) is 21.3. The van der Waals surface area contributed by atoms with Gasteiger partial charge in [0.25, 0.3) is 5.91 Å². The molecule has 4 rings (SSSR count). The molecule has 1 N–H and O–H groups in total. The van der Waals surface area contributed by atoms with Crippen LogP contribution in [0.25, 0.3) is 0 Å². The van der Waals surface area contributed by atoms with Crippen LogP contribution in [0.15, 0.2) is 72.8 Å². The summed E-state index contributed by atoms with van der Waals surface area (Å²) in [6.07, 6.45) is 0. The normalized spacial score (nSPS) is 18.1.